The Kier molecular flexibility index (Phi) is 4.95. The number of thiazole rings is 1. The molecule has 0 bridgehead atoms. The summed E-state index contributed by atoms with van der Waals surface area (Å²) < 4.78 is 5.74. The van der Waals surface area contributed by atoms with Crippen LogP contribution in [-0.4, -0.2) is 30.3 Å². The van der Waals surface area contributed by atoms with Crippen LogP contribution in [0, 0.1) is 5.41 Å². The molecule has 1 aromatic rings. The molecule has 5 heteroatoms. The molecule has 1 aromatic heterocycles. The molecule has 1 saturated carbocycles. The summed E-state index contributed by atoms with van der Waals surface area (Å²) in [5.74, 6) is 0. The van der Waals surface area contributed by atoms with Gasteiger partial charge >= 0.3 is 0 Å². The highest BCUT2D eigenvalue weighted by Crippen LogP contribution is 2.42. The highest BCUT2D eigenvalue weighted by molar-refractivity contribution is 7.09. The van der Waals surface area contributed by atoms with Gasteiger partial charge in [0.15, 0.2) is 0 Å². The Hall–Kier alpha value is -0.490. The fraction of sp³-hybridized carbons (Fsp3) is 0.786. The van der Waals surface area contributed by atoms with Crippen LogP contribution in [0.15, 0.2) is 5.38 Å². The largest absolute Gasteiger partial charge is 0.378 e. The molecule has 4 nitrogen and oxygen atoms in total. The lowest BCUT2D eigenvalue weighted by Gasteiger charge is -2.51. The van der Waals surface area contributed by atoms with E-state index < -0.39 is 0 Å². The molecule has 1 heterocycles. The monoisotopic (exact) mass is 283 g/mol. The van der Waals surface area contributed by atoms with Gasteiger partial charge in [0.2, 0.25) is 0 Å². The molecule has 0 aliphatic heterocycles. The molecule has 1 fully saturated rings. The molecule has 1 aliphatic carbocycles. The zero-order valence-electron chi connectivity index (χ0n) is 12.1. The van der Waals surface area contributed by atoms with Crippen LogP contribution in [0.5, 0.6) is 0 Å². The van der Waals surface area contributed by atoms with E-state index in [0.717, 1.165) is 36.7 Å². The van der Waals surface area contributed by atoms with E-state index in [4.69, 9.17) is 10.5 Å². The molecule has 0 spiro atoms. The fourth-order valence-corrected chi connectivity index (χ4v) is 3.43. The second-order valence-corrected chi connectivity index (χ2v) is 6.65. The fourth-order valence-electron chi connectivity index (χ4n) is 2.61. The number of rotatable bonds is 7. The third-order valence-corrected chi connectivity index (χ3v) is 4.99. The standard InChI is InChI=1S/C14H25N3OS/c1-4-18-12-7-11(14(12,2)3)16-8-10-9-19-13(17-10)5-6-15/h9,11-12,16H,4-8,15H2,1-3H3. The molecular formula is C14H25N3OS. The van der Waals surface area contributed by atoms with Gasteiger partial charge in [-0.2, -0.15) is 0 Å². The van der Waals surface area contributed by atoms with E-state index in [0.29, 0.717) is 18.7 Å². The number of hydrogen-bond acceptors (Lipinski definition) is 5. The second kappa shape index (κ2) is 6.31. The van der Waals surface area contributed by atoms with Crippen LogP contribution in [0.3, 0.4) is 0 Å². The molecule has 108 valence electrons. The van der Waals surface area contributed by atoms with Crippen LogP contribution in [0.1, 0.15) is 37.9 Å². The third kappa shape index (κ3) is 3.34. The average Bonchev–Trinajstić information content (AvgIpc) is 2.81. The number of nitrogens with one attached hydrogen (secondary N) is 1. The van der Waals surface area contributed by atoms with Gasteiger partial charge in [0.25, 0.3) is 0 Å². The van der Waals surface area contributed by atoms with E-state index in [1.54, 1.807) is 11.3 Å². The Morgan fingerprint density at radius 2 is 2.37 bits per heavy atom. The predicted octanol–water partition coefficient (Wildman–Crippen LogP) is 1.94. The van der Waals surface area contributed by atoms with Gasteiger partial charge in [-0.15, -0.1) is 11.3 Å². The Bertz CT molecular complexity index is 405. The van der Waals surface area contributed by atoms with Gasteiger partial charge in [-0.1, -0.05) is 13.8 Å². The molecule has 0 saturated heterocycles. The first-order chi connectivity index (χ1) is 9.07. The highest BCUT2D eigenvalue weighted by Gasteiger charge is 2.48. The van der Waals surface area contributed by atoms with Gasteiger partial charge in [-0.05, 0) is 19.9 Å². The molecule has 0 amide bonds. The Morgan fingerprint density at radius 3 is 3.00 bits per heavy atom. The molecule has 2 rings (SSSR count). The number of nitrogens with zero attached hydrogens (tertiary/aromatic N) is 1. The molecule has 2 unspecified atom stereocenters. The van der Waals surface area contributed by atoms with E-state index in [2.05, 4.69) is 36.5 Å². The summed E-state index contributed by atoms with van der Waals surface area (Å²) in [4.78, 5) is 4.58. The molecule has 1 aliphatic rings. The predicted molar refractivity (Wildman–Crippen MR) is 79.3 cm³/mol. The van der Waals surface area contributed by atoms with Crippen molar-refractivity contribution in [3.8, 4) is 0 Å². The lowest BCUT2D eigenvalue weighted by atomic mass is 9.64. The maximum Gasteiger partial charge on any atom is 0.0941 e. The summed E-state index contributed by atoms with van der Waals surface area (Å²) in [6.45, 7) is 8.92. The van der Waals surface area contributed by atoms with E-state index in [-0.39, 0.29) is 5.41 Å². The van der Waals surface area contributed by atoms with Crippen LogP contribution in [0.2, 0.25) is 0 Å². The van der Waals surface area contributed by atoms with Gasteiger partial charge in [-0.3, -0.25) is 0 Å². The summed E-state index contributed by atoms with van der Waals surface area (Å²) in [5, 5.41) is 6.87. The van der Waals surface area contributed by atoms with Crippen molar-refractivity contribution in [3.63, 3.8) is 0 Å². The topological polar surface area (TPSA) is 60.2 Å². The van der Waals surface area contributed by atoms with Gasteiger partial charge in [0.1, 0.15) is 0 Å². The minimum Gasteiger partial charge on any atom is -0.378 e. The lowest BCUT2D eigenvalue weighted by molar-refractivity contribution is -0.114. The normalized spacial score (nSPS) is 25.3. The van der Waals surface area contributed by atoms with Crippen LogP contribution in [-0.2, 0) is 17.7 Å². The van der Waals surface area contributed by atoms with Crippen molar-refractivity contribution in [3.05, 3.63) is 16.1 Å². The maximum absolute atomic E-state index is 5.74. The zero-order chi connectivity index (χ0) is 13.9. The number of nitrogens with two attached hydrogens (primary N) is 1. The summed E-state index contributed by atoms with van der Waals surface area (Å²) >= 11 is 1.70. The average molecular weight is 283 g/mol. The van der Waals surface area contributed by atoms with Crippen molar-refractivity contribution in [2.24, 2.45) is 11.1 Å². The summed E-state index contributed by atoms with van der Waals surface area (Å²) in [6, 6.07) is 0.517. The molecule has 19 heavy (non-hydrogen) atoms. The minimum atomic E-state index is 0.214. The van der Waals surface area contributed by atoms with Crippen molar-refractivity contribution < 1.29 is 4.74 Å². The molecular weight excluding hydrogens is 258 g/mol. The quantitative estimate of drug-likeness (QED) is 0.803. The third-order valence-electron chi connectivity index (χ3n) is 4.03. The van der Waals surface area contributed by atoms with Crippen molar-refractivity contribution in [2.45, 2.75) is 52.3 Å². The SMILES string of the molecule is CCOC1CC(NCc2csc(CCN)n2)C1(C)C. The first-order valence-corrected chi connectivity index (χ1v) is 7.94. The lowest BCUT2D eigenvalue weighted by Crippen LogP contribution is -2.60. The van der Waals surface area contributed by atoms with Crippen molar-refractivity contribution >= 4 is 11.3 Å². The number of aromatic nitrogens is 1. The Labute approximate surface area is 119 Å². The van der Waals surface area contributed by atoms with Gasteiger partial charge in [0, 0.05) is 36.4 Å². The van der Waals surface area contributed by atoms with E-state index >= 15 is 0 Å². The molecule has 3 N–H and O–H groups in total. The first-order valence-electron chi connectivity index (χ1n) is 7.06. The maximum atomic E-state index is 5.74. The van der Waals surface area contributed by atoms with Crippen LogP contribution < -0.4 is 11.1 Å². The van der Waals surface area contributed by atoms with E-state index in [1.165, 1.54) is 0 Å². The number of hydrogen-bond donors (Lipinski definition) is 2. The van der Waals surface area contributed by atoms with E-state index in [9.17, 15) is 0 Å². The molecule has 0 radical (unpaired) electrons. The summed E-state index contributed by atoms with van der Waals surface area (Å²) in [7, 11) is 0. The minimum absolute atomic E-state index is 0.214. The Morgan fingerprint density at radius 1 is 1.58 bits per heavy atom. The first kappa shape index (κ1) is 14.9. The van der Waals surface area contributed by atoms with Crippen LogP contribution in [0.25, 0.3) is 0 Å². The molecule has 2 atom stereocenters. The number of ether oxygens (including phenoxy) is 1. The van der Waals surface area contributed by atoms with Crippen molar-refractivity contribution in [1.29, 1.82) is 0 Å². The van der Waals surface area contributed by atoms with Crippen LogP contribution in [0.4, 0.5) is 0 Å². The van der Waals surface area contributed by atoms with Gasteiger partial charge in [-0.25, -0.2) is 4.98 Å². The van der Waals surface area contributed by atoms with E-state index in [1.807, 2.05) is 0 Å². The van der Waals surface area contributed by atoms with Gasteiger partial charge in [0.05, 0.1) is 16.8 Å². The second-order valence-electron chi connectivity index (χ2n) is 5.71. The molecule has 0 aromatic carbocycles. The summed E-state index contributed by atoms with van der Waals surface area (Å²) in [6.07, 6.45) is 2.37. The zero-order valence-corrected chi connectivity index (χ0v) is 12.9. The summed E-state index contributed by atoms with van der Waals surface area (Å²) in [5.41, 5.74) is 6.88. The smallest absolute Gasteiger partial charge is 0.0941 e. The highest BCUT2D eigenvalue weighted by atomic mass is 32.1. The van der Waals surface area contributed by atoms with Gasteiger partial charge < -0.3 is 15.8 Å². The van der Waals surface area contributed by atoms with Crippen LogP contribution >= 0.6 is 11.3 Å². The van der Waals surface area contributed by atoms with Crippen molar-refractivity contribution in [1.82, 2.24) is 10.3 Å². The van der Waals surface area contributed by atoms with Crippen molar-refractivity contribution in [2.75, 3.05) is 13.2 Å². The Balaban J connectivity index is 1.80.